The Morgan fingerprint density at radius 3 is 2.72 bits per heavy atom. The molecule has 1 N–H and O–H groups in total. The van der Waals surface area contributed by atoms with Crippen LogP contribution in [-0.2, 0) is 6.42 Å². The number of nitrogens with zero attached hydrogens (tertiary/aromatic N) is 2. The third-order valence-electron chi connectivity index (χ3n) is 4.07. The zero-order valence-electron chi connectivity index (χ0n) is 12.0. The van der Waals surface area contributed by atoms with Gasteiger partial charge in [-0.25, -0.2) is 0 Å². The zero-order chi connectivity index (χ0) is 13.0. The van der Waals surface area contributed by atoms with Crippen LogP contribution >= 0.6 is 0 Å². The van der Waals surface area contributed by atoms with Crippen LogP contribution in [0.2, 0.25) is 0 Å². The van der Waals surface area contributed by atoms with Gasteiger partial charge in [0.05, 0.1) is 5.69 Å². The van der Waals surface area contributed by atoms with E-state index in [4.69, 9.17) is 0 Å². The van der Waals surface area contributed by atoms with Gasteiger partial charge < -0.3 is 5.32 Å². The van der Waals surface area contributed by atoms with Crippen molar-refractivity contribution in [2.75, 3.05) is 13.1 Å². The van der Waals surface area contributed by atoms with Crippen LogP contribution in [0.1, 0.15) is 51.8 Å². The van der Waals surface area contributed by atoms with E-state index >= 15 is 0 Å². The third-order valence-corrected chi connectivity index (χ3v) is 4.07. The average Bonchev–Trinajstić information content (AvgIpc) is 2.79. The number of nitrogens with one attached hydrogen (secondary N) is 1. The van der Waals surface area contributed by atoms with Crippen molar-refractivity contribution in [3.05, 3.63) is 18.0 Å². The van der Waals surface area contributed by atoms with Crippen LogP contribution in [0.5, 0.6) is 0 Å². The number of hydrogen-bond acceptors (Lipinski definition) is 2. The lowest BCUT2D eigenvalue weighted by molar-refractivity contribution is 0.169. The van der Waals surface area contributed by atoms with Crippen LogP contribution in [0, 0.1) is 11.8 Å². The Morgan fingerprint density at radius 1 is 1.39 bits per heavy atom. The van der Waals surface area contributed by atoms with Gasteiger partial charge in [-0.3, -0.25) is 4.68 Å². The molecule has 102 valence electrons. The molecular formula is C15H27N3. The molecule has 0 aliphatic heterocycles. The van der Waals surface area contributed by atoms with Crippen molar-refractivity contribution in [2.24, 2.45) is 11.8 Å². The summed E-state index contributed by atoms with van der Waals surface area (Å²) in [4.78, 5) is 0. The van der Waals surface area contributed by atoms with Gasteiger partial charge in [0.15, 0.2) is 0 Å². The standard InChI is InChI=1S/C15H27N3/c1-4-8-16-11-14-6-5-13(14)10-15-7-9-18(17-15)12(2)3/h7,9,12-14,16H,4-6,8,10-11H2,1-3H3. The van der Waals surface area contributed by atoms with E-state index in [1.54, 1.807) is 0 Å². The Labute approximate surface area is 111 Å². The molecule has 18 heavy (non-hydrogen) atoms. The maximum absolute atomic E-state index is 4.66. The monoisotopic (exact) mass is 249 g/mol. The van der Waals surface area contributed by atoms with Crippen LogP contribution in [0.15, 0.2) is 12.3 Å². The summed E-state index contributed by atoms with van der Waals surface area (Å²) < 4.78 is 2.07. The van der Waals surface area contributed by atoms with Crippen molar-refractivity contribution in [3.8, 4) is 0 Å². The van der Waals surface area contributed by atoms with Gasteiger partial charge in [0, 0.05) is 12.2 Å². The fourth-order valence-electron chi connectivity index (χ4n) is 2.68. The minimum absolute atomic E-state index is 0.474. The largest absolute Gasteiger partial charge is 0.316 e. The predicted molar refractivity (Wildman–Crippen MR) is 75.7 cm³/mol. The molecule has 0 bridgehead atoms. The molecule has 1 saturated carbocycles. The van der Waals surface area contributed by atoms with Crippen molar-refractivity contribution in [1.29, 1.82) is 0 Å². The smallest absolute Gasteiger partial charge is 0.0627 e. The molecule has 0 aromatic carbocycles. The lowest BCUT2D eigenvalue weighted by Crippen LogP contribution is -2.36. The summed E-state index contributed by atoms with van der Waals surface area (Å²) in [5.74, 6) is 1.73. The molecule has 1 aromatic heterocycles. The fraction of sp³-hybridized carbons (Fsp3) is 0.800. The normalized spacial score (nSPS) is 23.3. The molecule has 1 heterocycles. The summed E-state index contributed by atoms with van der Waals surface area (Å²) in [6.07, 6.45) is 7.29. The minimum Gasteiger partial charge on any atom is -0.316 e. The summed E-state index contributed by atoms with van der Waals surface area (Å²) in [7, 11) is 0. The molecule has 0 spiro atoms. The van der Waals surface area contributed by atoms with Crippen molar-refractivity contribution < 1.29 is 0 Å². The molecule has 0 saturated heterocycles. The lowest BCUT2D eigenvalue weighted by Gasteiger charge is -2.36. The van der Waals surface area contributed by atoms with Gasteiger partial charge in [0.25, 0.3) is 0 Å². The van der Waals surface area contributed by atoms with Crippen molar-refractivity contribution in [2.45, 2.75) is 52.5 Å². The minimum atomic E-state index is 0.474. The average molecular weight is 249 g/mol. The van der Waals surface area contributed by atoms with Gasteiger partial charge in [-0.2, -0.15) is 5.10 Å². The topological polar surface area (TPSA) is 29.9 Å². The summed E-state index contributed by atoms with van der Waals surface area (Å²) in [6.45, 7) is 8.94. The highest BCUT2D eigenvalue weighted by atomic mass is 15.3. The third kappa shape index (κ3) is 3.35. The van der Waals surface area contributed by atoms with Crippen molar-refractivity contribution in [3.63, 3.8) is 0 Å². The second-order valence-corrected chi connectivity index (χ2v) is 5.89. The Kier molecular flexibility index (Phi) is 4.81. The molecule has 1 fully saturated rings. The van der Waals surface area contributed by atoms with Crippen LogP contribution in [0.25, 0.3) is 0 Å². The summed E-state index contributed by atoms with van der Waals surface area (Å²) in [5, 5.41) is 8.21. The van der Waals surface area contributed by atoms with Crippen LogP contribution < -0.4 is 5.32 Å². The van der Waals surface area contributed by atoms with Gasteiger partial charge in [-0.15, -0.1) is 0 Å². The molecule has 3 heteroatoms. The second-order valence-electron chi connectivity index (χ2n) is 5.89. The summed E-state index contributed by atoms with van der Waals surface area (Å²) in [6, 6.07) is 2.66. The first kappa shape index (κ1) is 13.6. The molecule has 2 rings (SSSR count). The van der Waals surface area contributed by atoms with Crippen molar-refractivity contribution >= 4 is 0 Å². The quantitative estimate of drug-likeness (QED) is 0.753. The van der Waals surface area contributed by atoms with Crippen LogP contribution in [0.4, 0.5) is 0 Å². The summed E-state index contributed by atoms with van der Waals surface area (Å²) in [5.41, 5.74) is 1.27. The van der Waals surface area contributed by atoms with Gasteiger partial charge in [0.1, 0.15) is 0 Å². The predicted octanol–water partition coefficient (Wildman–Crippen LogP) is 3.03. The molecular weight excluding hydrogens is 222 g/mol. The Morgan fingerprint density at radius 2 is 2.17 bits per heavy atom. The van der Waals surface area contributed by atoms with Gasteiger partial charge in [-0.05, 0) is 70.5 Å². The summed E-state index contributed by atoms with van der Waals surface area (Å²) >= 11 is 0. The Hall–Kier alpha value is -0.830. The molecule has 1 aliphatic rings. The SMILES string of the molecule is CCCNCC1CCC1Cc1ccn(C(C)C)n1. The number of rotatable bonds is 7. The van der Waals surface area contributed by atoms with Gasteiger partial charge in [-0.1, -0.05) is 6.92 Å². The van der Waals surface area contributed by atoms with Crippen LogP contribution in [0.3, 0.4) is 0 Å². The van der Waals surface area contributed by atoms with E-state index in [-0.39, 0.29) is 0 Å². The number of hydrogen-bond donors (Lipinski definition) is 1. The molecule has 1 aliphatic carbocycles. The first-order valence-electron chi connectivity index (χ1n) is 7.45. The highest BCUT2D eigenvalue weighted by molar-refractivity contribution is 5.03. The second kappa shape index (κ2) is 6.37. The molecule has 2 unspecified atom stereocenters. The highest BCUT2D eigenvalue weighted by Gasteiger charge is 2.30. The van der Waals surface area contributed by atoms with E-state index in [2.05, 4.69) is 48.1 Å². The van der Waals surface area contributed by atoms with Crippen LogP contribution in [-0.4, -0.2) is 22.9 Å². The molecule has 0 amide bonds. The number of aromatic nitrogens is 2. The van der Waals surface area contributed by atoms with Gasteiger partial charge in [0.2, 0.25) is 0 Å². The van der Waals surface area contributed by atoms with E-state index in [9.17, 15) is 0 Å². The van der Waals surface area contributed by atoms with E-state index in [0.717, 1.165) is 24.8 Å². The zero-order valence-corrected chi connectivity index (χ0v) is 12.0. The van der Waals surface area contributed by atoms with E-state index < -0.39 is 0 Å². The van der Waals surface area contributed by atoms with E-state index in [0.29, 0.717) is 6.04 Å². The first-order valence-corrected chi connectivity index (χ1v) is 7.45. The maximum atomic E-state index is 4.66. The van der Waals surface area contributed by atoms with E-state index in [1.165, 1.54) is 31.5 Å². The molecule has 1 aromatic rings. The van der Waals surface area contributed by atoms with E-state index in [1.807, 2.05) is 0 Å². The maximum Gasteiger partial charge on any atom is 0.0627 e. The lowest BCUT2D eigenvalue weighted by atomic mass is 9.71. The molecule has 3 nitrogen and oxygen atoms in total. The highest BCUT2D eigenvalue weighted by Crippen LogP contribution is 2.36. The Bertz CT molecular complexity index is 356. The van der Waals surface area contributed by atoms with Gasteiger partial charge >= 0.3 is 0 Å². The first-order chi connectivity index (χ1) is 8.70. The van der Waals surface area contributed by atoms with Crippen molar-refractivity contribution in [1.82, 2.24) is 15.1 Å². The fourth-order valence-corrected chi connectivity index (χ4v) is 2.68. The molecule has 0 radical (unpaired) electrons. The Balaban J connectivity index is 1.78. The molecule has 2 atom stereocenters.